The average Bonchev–Trinajstić information content (AvgIpc) is 3.00. The van der Waals surface area contributed by atoms with Crippen LogP contribution in [0.25, 0.3) is 0 Å². The van der Waals surface area contributed by atoms with Crippen molar-refractivity contribution in [1.82, 2.24) is 5.32 Å². The van der Waals surface area contributed by atoms with E-state index in [-0.39, 0.29) is 23.8 Å². The molecule has 4 heteroatoms. The van der Waals surface area contributed by atoms with Crippen molar-refractivity contribution in [1.29, 1.82) is 0 Å². The third-order valence-corrected chi connectivity index (χ3v) is 4.08. The van der Waals surface area contributed by atoms with Crippen LogP contribution >= 0.6 is 0 Å². The topological polar surface area (TPSA) is 66.4 Å². The lowest BCUT2D eigenvalue weighted by Gasteiger charge is -2.25. The van der Waals surface area contributed by atoms with E-state index in [2.05, 4.69) is 5.32 Å². The predicted octanol–water partition coefficient (Wildman–Crippen LogP) is 1.69. The van der Waals surface area contributed by atoms with Gasteiger partial charge in [0.15, 0.2) is 0 Å². The van der Waals surface area contributed by atoms with Crippen molar-refractivity contribution in [2.45, 2.75) is 12.5 Å². The molecule has 2 N–H and O–H groups in total. The van der Waals surface area contributed by atoms with E-state index in [0.717, 1.165) is 6.42 Å². The summed E-state index contributed by atoms with van der Waals surface area (Å²) < 4.78 is 0. The van der Waals surface area contributed by atoms with E-state index in [1.165, 1.54) is 0 Å². The third kappa shape index (κ3) is 2.03. The lowest BCUT2D eigenvalue weighted by Crippen LogP contribution is -2.45. The second kappa shape index (κ2) is 4.53. The summed E-state index contributed by atoms with van der Waals surface area (Å²) in [6, 6.07) is 8.61. The summed E-state index contributed by atoms with van der Waals surface area (Å²) in [7, 11) is 0. The van der Waals surface area contributed by atoms with Gasteiger partial charge < -0.3 is 10.4 Å². The molecule has 1 fully saturated rings. The first-order chi connectivity index (χ1) is 9.16. The number of benzene rings is 1. The monoisotopic (exact) mass is 257 g/mol. The molecule has 2 bridgehead atoms. The van der Waals surface area contributed by atoms with Crippen LogP contribution < -0.4 is 5.32 Å². The Bertz CT molecular complexity index is 538. The first kappa shape index (κ1) is 12.0. The molecule has 0 radical (unpaired) electrons. The lowest BCUT2D eigenvalue weighted by molar-refractivity contribution is -0.143. The van der Waals surface area contributed by atoms with Gasteiger partial charge >= 0.3 is 5.97 Å². The van der Waals surface area contributed by atoms with Crippen LogP contribution in [-0.4, -0.2) is 23.0 Å². The average molecular weight is 257 g/mol. The summed E-state index contributed by atoms with van der Waals surface area (Å²) in [5, 5.41) is 12.2. The number of hydrogen-bond acceptors (Lipinski definition) is 2. The number of aliphatic carboxylic acids is 1. The second-order valence-corrected chi connectivity index (χ2v) is 5.18. The molecule has 0 unspecified atom stereocenters. The highest BCUT2D eigenvalue weighted by atomic mass is 16.4. The van der Waals surface area contributed by atoms with Gasteiger partial charge in [-0.05, 0) is 30.4 Å². The van der Waals surface area contributed by atoms with Crippen molar-refractivity contribution in [3.8, 4) is 0 Å². The summed E-state index contributed by atoms with van der Waals surface area (Å²) in [6.45, 7) is 0. The molecule has 2 aliphatic rings. The summed E-state index contributed by atoms with van der Waals surface area (Å²) in [5.74, 6) is -1.31. The van der Waals surface area contributed by atoms with Gasteiger partial charge in [-0.2, -0.15) is 0 Å². The van der Waals surface area contributed by atoms with Crippen LogP contribution in [0.4, 0.5) is 0 Å². The molecule has 0 heterocycles. The Kier molecular flexibility index (Phi) is 2.85. The van der Waals surface area contributed by atoms with Crippen molar-refractivity contribution in [3.05, 3.63) is 48.0 Å². The zero-order valence-corrected chi connectivity index (χ0v) is 10.3. The number of amides is 1. The summed E-state index contributed by atoms with van der Waals surface area (Å²) >= 11 is 0. The Hall–Kier alpha value is -2.10. The first-order valence-electron chi connectivity index (χ1n) is 6.44. The standard InChI is InChI=1S/C15H15NO3/c17-14(9-4-2-1-3-5-9)16-13-11-7-6-10(8-11)12(13)15(18)19/h1-7,10-13H,8H2,(H,16,17)(H,18,19)/t10-,11+,12-,13+/m1/s1. The van der Waals surface area contributed by atoms with E-state index in [1.54, 1.807) is 24.3 Å². The second-order valence-electron chi connectivity index (χ2n) is 5.18. The van der Waals surface area contributed by atoms with Crippen LogP contribution in [-0.2, 0) is 4.79 Å². The minimum atomic E-state index is -0.824. The quantitative estimate of drug-likeness (QED) is 0.810. The first-order valence-corrected chi connectivity index (χ1v) is 6.44. The minimum Gasteiger partial charge on any atom is -0.481 e. The molecular formula is C15H15NO3. The van der Waals surface area contributed by atoms with Gasteiger partial charge in [0.1, 0.15) is 0 Å². The molecule has 4 atom stereocenters. The Morgan fingerprint density at radius 3 is 2.47 bits per heavy atom. The van der Waals surface area contributed by atoms with Crippen LogP contribution in [0.2, 0.25) is 0 Å². The van der Waals surface area contributed by atoms with Crippen LogP contribution in [0.5, 0.6) is 0 Å². The van der Waals surface area contributed by atoms with Crippen molar-refractivity contribution < 1.29 is 14.7 Å². The van der Waals surface area contributed by atoms with Crippen LogP contribution in [0.3, 0.4) is 0 Å². The molecule has 0 aliphatic heterocycles. The van der Waals surface area contributed by atoms with E-state index in [4.69, 9.17) is 0 Å². The number of fused-ring (bicyclic) bond motifs is 2. The molecule has 0 aromatic heterocycles. The van der Waals surface area contributed by atoms with E-state index < -0.39 is 11.9 Å². The largest absolute Gasteiger partial charge is 0.481 e. The van der Waals surface area contributed by atoms with E-state index >= 15 is 0 Å². The van der Waals surface area contributed by atoms with E-state index in [0.29, 0.717) is 5.56 Å². The maximum absolute atomic E-state index is 12.1. The minimum absolute atomic E-state index is 0.0589. The normalized spacial score (nSPS) is 31.4. The number of carbonyl (C=O) groups excluding carboxylic acids is 1. The highest BCUT2D eigenvalue weighted by molar-refractivity contribution is 5.94. The number of rotatable bonds is 3. The Labute approximate surface area is 111 Å². The molecule has 1 aromatic carbocycles. The zero-order chi connectivity index (χ0) is 13.4. The van der Waals surface area contributed by atoms with Gasteiger partial charge in [0.2, 0.25) is 0 Å². The molecule has 1 amide bonds. The molecule has 4 nitrogen and oxygen atoms in total. The van der Waals surface area contributed by atoms with Crippen molar-refractivity contribution in [3.63, 3.8) is 0 Å². The SMILES string of the molecule is O=C(N[C@@H]1[C@H](C(=O)O)[C@@H]2C=C[C@H]1C2)c1ccccc1. The molecule has 3 rings (SSSR count). The van der Waals surface area contributed by atoms with Crippen molar-refractivity contribution in [2.75, 3.05) is 0 Å². The third-order valence-electron chi connectivity index (χ3n) is 4.08. The fourth-order valence-corrected chi connectivity index (χ4v) is 3.18. The van der Waals surface area contributed by atoms with Gasteiger partial charge in [0.25, 0.3) is 5.91 Å². The zero-order valence-electron chi connectivity index (χ0n) is 10.3. The van der Waals surface area contributed by atoms with Gasteiger partial charge in [0, 0.05) is 11.6 Å². The van der Waals surface area contributed by atoms with Gasteiger partial charge in [-0.1, -0.05) is 30.4 Å². The maximum Gasteiger partial charge on any atom is 0.309 e. The smallest absolute Gasteiger partial charge is 0.309 e. The molecule has 2 aliphatic carbocycles. The molecule has 0 saturated heterocycles. The molecule has 1 aromatic rings. The number of carbonyl (C=O) groups is 2. The number of carboxylic acids is 1. The Balaban J connectivity index is 1.78. The highest BCUT2D eigenvalue weighted by Gasteiger charge is 2.48. The predicted molar refractivity (Wildman–Crippen MR) is 69.6 cm³/mol. The maximum atomic E-state index is 12.1. The van der Waals surface area contributed by atoms with Crippen LogP contribution in [0.1, 0.15) is 16.8 Å². The fourth-order valence-electron chi connectivity index (χ4n) is 3.18. The van der Waals surface area contributed by atoms with Crippen molar-refractivity contribution in [2.24, 2.45) is 17.8 Å². The van der Waals surface area contributed by atoms with Gasteiger partial charge in [-0.25, -0.2) is 0 Å². The lowest BCUT2D eigenvalue weighted by atomic mass is 9.89. The summed E-state index contributed by atoms with van der Waals surface area (Å²) in [6.07, 6.45) is 4.82. The Morgan fingerprint density at radius 2 is 1.79 bits per heavy atom. The van der Waals surface area contributed by atoms with E-state index in [9.17, 15) is 14.7 Å². The number of carboxylic acid groups (broad SMARTS) is 1. The number of nitrogens with one attached hydrogen (secondary N) is 1. The summed E-state index contributed by atoms with van der Waals surface area (Å²) in [5.41, 5.74) is 0.568. The molecule has 1 saturated carbocycles. The molecule has 19 heavy (non-hydrogen) atoms. The molecule has 0 spiro atoms. The van der Waals surface area contributed by atoms with Gasteiger partial charge in [0.05, 0.1) is 5.92 Å². The van der Waals surface area contributed by atoms with Crippen LogP contribution in [0, 0.1) is 17.8 Å². The summed E-state index contributed by atoms with van der Waals surface area (Å²) in [4.78, 5) is 23.5. The van der Waals surface area contributed by atoms with E-state index in [1.807, 2.05) is 18.2 Å². The molecular weight excluding hydrogens is 242 g/mol. The van der Waals surface area contributed by atoms with Crippen molar-refractivity contribution >= 4 is 11.9 Å². The number of hydrogen-bond donors (Lipinski definition) is 2. The van der Waals surface area contributed by atoms with Crippen LogP contribution in [0.15, 0.2) is 42.5 Å². The number of allylic oxidation sites excluding steroid dienone is 1. The van der Waals surface area contributed by atoms with Gasteiger partial charge in [-0.3, -0.25) is 9.59 Å². The highest BCUT2D eigenvalue weighted by Crippen LogP contribution is 2.43. The molecule has 98 valence electrons. The van der Waals surface area contributed by atoms with Gasteiger partial charge in [-0.15, -0.1) is 0 Å². The Morgan fingerprint density at radius 1 is 1.11 bits per heavy atom. The fraction of sp³-hybridized carbons (Fsp3) is 0.333.